The van der Waals surface area contributed by atoms with Crippen molar-refractivity contribution in [3.8, 4) is 0 Å². The van der Waals surface area contributed by atoms with Crippen molar-refractivity contribution in [2.45, 2.75) is 587 Å². The summed E-state index contributed by atoms with van der Waals surface area (Å²) in [5, 5.41) is 0. The first-order valence-electron chi connectivity index (χ1n) is 57.4. The molecule has 0 amide bonds. The highest BCUT2D eigenvalue weighted by Crippen LogP contribution is 2.76. The standard InChI is InChI=1S/C108H234N12P4/c1-19-37-55-73-91-112(92-74-56-38-20-2)122(113(93-75-57-39-21-3)94-76-58-40-22-4,114(95-77-59-41-23-5)96-78-60-42-24-6)109-121(110-123(115(97-79-61-43-25-7)98-80-62-44-26-8,116(99-81-63-45-27-9)100-82-64-46-28-10)117(101-83-65-47-29-11)102-84-66-48-30-12)111-124(118(103-85-67-49-31-13)104-86-68-50-32-14,119(105-87-69-51-33-15)106-88-70-52-34-16)120(107-89-71-53-35-17)108-90-72-54-36-18/h19-108H2,1-18H3. The van der Waals surface area contributed by atoms with Gasteiger partial charge in [0.2, 0.25) is 0 Å². The molecule has 0 aliphatic carbocycles. The molecule has 0 aromatic rings. The molecule has 0 spiro atoms. The van der Waals surface area contributed by atoms with Gasteiger partial charge in [0, 0.05) is 118 Å². The predicted octanol–water partition coefficient (Wildman–Crippen LogP) is 39.2. The summed E-state index contributed by atoms with van der Waals surface area (Å²) in [5.41, 5.74) is 0. The molecule has 0 unspecified atom stereocenters. The minimum Gasteiger partial charge on any atom is -0.246 e. The van der Waals surface area contributed by atoms with Gasteiger partial charge in [-0.1, -0.05) is 471 Å². The lowest BCUT2D eigenvalue weighted by Crippen LogP contribution is -2.44. The zero-order valence-corrected chi connectivity index (χ0v) is 92.4. The van der Waals surface area contributed by atoms with Crippen LogP contribution in [0.4, 0.5) is 0 Å². The smallest absolute Gasteiger partial charge is 0.246 e. The predicted molar refractivity (Wildman–Crippen MR) is 574 cm³/mol. The molecule has 0 rings (SSSR count). The van der Waals surface area contributed by atoms with Crippen LogP contribution in [-0.4, -0.2) is 160 Å². The van der Waals surface area contributed by atoms with Crippen molar-refractivity contribution in [3.63, 3.8) is 0 Å². The van der Waals surface area contributed by atoms with E-state index in [9.17, 15) is 0 Å². The summed E-state index contributed by atoms with van der Waals surface area (Å²) in [4.78, 5) is 0. The van der Waals surface area contributed by atoms with Crippen molar-refractivity contribution < 1.29 is 0 Å². The van der Waals surface area contributed by atoms with Gasteiger partial charge < -0.3 is 0 Å². The molecule has 0 aliphatic heterocycles. The molecule has 0 aliphatic rings. The molecular formula is C108H234N12P4. The maximum atomic E-state index is 8.10. The molecule has 0 fully saturated rings. The third kappa shape index (κ3) is 57.6. The van der Waals surface area contributed by atoms with E-state index in [1.54, 1.807) is 0 Å². The van der Waals surface area contributed by atoms with Crippen LogP contribution in [-0.2, 0) is 0 Å². The Hall–Kier alpha value is 0.760. The minimum atomic E-state index is -3.00. The molecule has 0 atom stereocenters. The van der Waals surface area contributed by atoms with Crippen LogP contribution >= 0.6 is 30.9 Å². The van der Waals surface area contributed by atoms with Gasteiger partial charge in [-0.05, 0) is 116 Å². The molecule has 0 heterocycles. The molecule has 16 heteroatoms. The number of rotatable bonds is 102. The van der Waals surface area contributed by atoms with Gasteiger partial charge >= 0.3 is 0 Å². The van der Waals surface area contributed by atoms with Crippen LogP contribution in [0.15, 0.2) is 13.5 Å². The van der Waals surface area contributed by atoms with Crippen LogP contribution in [0.25, 0.3) is 0 Å². The summed E-state index contributed by atoms with van der Waals surface area (Å²) in [6.45, 7) is 65.1. The van der Waals surface area contributed by atoms with E-state index in [1.165, 1.54) is 462 Å². The fourth-order valence-corrected chi connectivity index (χ4v) is 37.5. The van der Waals surface area contributed by atoms with E-state index in [0.717, 1.165) is 118 Å². The first-order chi connectivity index (χ1) is 61.0. The van der Waals surface area contributed by atoms with Crippen LogP contribution in [0.1, 0.15) is 587 Å². The van der Waals surface area contributed by atoms with Crippen molar-refractivity contribution in [2.75, 3.05) is 118 Å². The lowest BCUT2D eigenvalue weighted by atomic mass is 10.2. The third-order valence-corrected chi connectivity index (χ3v) is 42.1. The Labute approximate surface area is 786 Å². The maximum Gasteiger partial charge on any atom is 0.274 e. The Morgan fingerprint density at radius 1 is 0.113 bits per heavy atom. The molecule has 0 aromatic heterocycles. The summed E-state index contributed by atoms with van der Waals surface area (Å²) in [5.74, 6) is 0. The van der Waals surface area contributed by atoms with E-state index < -0.39 is 30.9 Å². The molecule has 0 bridgehead atoms. The second-order valence-electron chi connectivity index (χ2n) is 38.8. The number of nitrogens with zero attached hydrogens (tertiary/aromatic N) is 12. The number of unbranched alkanes of at least 4 members (excludes halogenated alkanes) is 54. The largest absolute Gasteiger partial charge is 0.274 e. The Morgan fingerprint density at radius 2 is 0.185 bits per heavy atom. The molecule has 124 heavy (non-hydrogen) atoms. The normalized spacial score (nSPS) is 12.7. The highest BCUT2D eigenvalue weighted by atomic mass is 31.2. The van der Waals surface area contributed by atoms with E-state index in [1.807, 2.05) is 0 Å². The summed E-state index contributed by atoms with van der Waals surface area (Å²) in [7, 11) is -10.9. The Morgan fingerprint density at radius 3 is 0.250 bits per heavy atom. The Balaban J connectivity index is 14.0. The molecule has 0 N–H and O–H groups in total. The second kappa shape index (κ2) is 92.8. The molecular weight excluding hydrogens is 1590 g/mol. The Kier molecular flexibility index (Phi) is 93.4. The molecule has 12 nitrogen and oxygen atoms in total. The average molecular weight is 1830 g/mol. The highest BCUT2D eigenvalue weighted by Gasteiger charge is 2.48. The van der Waals surface area contributed by atoms with Crippen molar-refractivity contribution in [1.29, 1.82) is 0 Å². The first-order valence-corrected chi connectivity index (χ1v) is 63.4. The van der Waals surface area contributed by atoms with Gasteiger partial charge in [0.15, 0.2) is 22.5 Å². The first kappa shape index (κ1) is 125. The number of hydrogen-bond acceptors (Lipinski definition) is 3. The monoisotopic (exact) mass is 1820 g/mol. The SMILES string of the molecule is CCCCCCN(CCCCCC)P(=NP(N=P(N(CCCCCC)CCCCCC)(N(CCCCCC)CCCCCC)N(CCCCCC)CCCCCC)N=P(N(CCCCCC)CCCCCC)(N(CCCCCC)CCCCCC)N(CCCCCC)CCCCCC)(N(CCCCCC)CCCCCC)N(CCCCCC)CCCCCC. The summed E-state index contributed by atoms with van der Waals surface area (Å²) >= 11 is 0. The number of hydrogen-bond donors (Lipinski definition) is 0. The van der Waals surface area contributed by atoms with Crippen molar-refractivity contribution in [3.05, 3.63) is 0 Å². The van der Waals surface area contributed by atoms with E-state index >= 15 is 0 Å². The third-order valence-electron chi connectivity index (χ3n) is 26.9. The van der Waals surface area contributed by atoms with Crippen LogP contribution in [0.3, 0.4) is 0 Å². The molecule has 0 saturated heterocycles. The fourth-order valence-electron chi connectivity index (χ4n) is 18.9. The van der Waals surface area contributed by atoms with Gasteiger partial charge in [0.25, 0.3) is 8.37 Å². The van der Waals surface area contributed by atoms with Crippen LogP contribution in [0.5, 0.6) is 0 Å². The minimum absolute atomic E-state index is 1.14. The van der Waals surface area contributed by atoms with E-state index in [2.05, 4.69) is 167 Å². The second-order valence-corrected chi connectivity index (χ2v) is 49.8. The van der Waals surface area contributed by atoms with Gasteiger partial charge in [-0.15, -0.1) is 0 Å². The van der Waals surface area contributed by atoms with Crippen LogP contribution in [0.2, 0.25) is 0 Å². The molecule has 0 aromatic carbocycles. The lowest BCUT2D eigenvalue weighted by Gasteiger charge is -2.53. The zero-order chi connectivity index (χ0) is 91.0. The van der Waals surface area contributed by atoms with Crippen molar-refractivity contribution in [2.24, 2.45) is 13.5 Å². The van der Waals surface area contributed by atoms with Crippen molar-refractivity contribution in [1.82, 2.24) is 42.0 Å². The van der Waals surface area contributed by atoms with Crippen LogP contribution in [0, 0.1) is 0 Å². The van der Waals surface area contributed by atoms with E-state index in [4.69, 9.17) is 13.5 Å². The highest BCUT2D eigenvalue weighted by molar-refractivity contribution is 7.76. The Bertz CT molecular complexity index is 1750. The molecule has 0 saturated carbocycles. The summed E-state index contributed by atoms with van der Waals surface area (Å²) < 4.78 is 54.7. The molecule has 746 valence electrons. The van der Waals surface area contributed by atoms with Gasteiger partial charge in [0.05, 0.1) is 0 Å². The summed E-state index contributed by atoms with van der Waals surface area (Å²) in [6.07, 6.45) is 92.5. The quantitative estimate of drug-likeness (QED) is 0.0438. The van der Waals surface area contributed by atoms with Gasteiger partial charge in [-0.3, -0.25) is 0 Å². The van der Waals surface area contributed by atoms with Crippen molar-refractivity contribution >= 4 is 30.9 Å². The van der Waals surface area contributed by atoms with E-state index in [0.29, 0.717) is 0 Å². The fraction of sp³-hybridized carbons (Fsp3) is 1.00. The zero-order valence-electron chi connectivity index (χ0n) is 88.8. The van der Waals surface area contributed by atoms with Gasteiger partial charge in [-0.2, -0.15) is 13.5 Å². The van der Waals surface area contributed by atoms with Gasteiger partial charge in [-0.25, -0.2) is 42.0 Å². The average Bonchev–Trinajstić information content (AvgIpc) is 0.734. The topological polar surface area (TPSA) is 66.2 Å². The maximum absolute atomic E-state index is 8.10. The van der Waals surface area contributed by atoms with Gasteiger partial charge in [0.1, 0.15) is 0 Å². The van der Waals surface area contributed by atoms with E-state index in [-0.39, 0.29) is 0 Å². The summed E-state index contributed by atoms with van der Waals surface area (Å²) in [6, 6.07) is 0. The van der Waals surface area contributed by atoms with Crippen LogP contribution < -0.4 is 0 Å². The lowest BCUT2D eigenvalue weighted by molar-refractivity contribution is 0.284. The molecule has 0 radical (unpaired) electrons.